The molecule has 2 aromatic rings. The number of methoxy groups -OCH3 is 1. The van der Waals surface area contributed by atoms with E-state index < -0.39 is 0 Å². The highest BCUT2D eigenvalue weighted by Gasteiger charge is 2.19. The summed E-state index contributed by atoms with van der Waals surface area (Å²) in [7, 11) is 1.76. The fraction of sp³-hybridized carbons (Fsp3) is 0.471. The lowest BCUT2D eigenvalue weighted by atomic mass is 10.1. The molecule has 1 aromatic heterocycles. The van der Waals surface area contributed by atoms with Crippen LogP contribution in [0.15, 0.2) is 36.4 Å². The molecule has 2 atom stereocenters. The van der Waals surface area contributed by atoms with Crippen molar-refractivity contribution in [3.05, 3.63) is 47.7 Å². The Morgan fingerprint density at radius 3 is 3.00 bits per heavy atom. The van der Waals surface area contributed by atoms with Gasteiger partial charge in [-0.2, -0.15) is 5.10 Å². The molecule has 5 heteroatoms. The van der Waals surface area contributed by atoms with Crippen molar-refractivity contribution in [1.29, 1.82) is 0 Å². The van der Waals surface area contributed by atoms with E-state index in [0.29, 0.717) is 5.92 Å². The molecular formula is C17H24N4O. The average Bonchev–Trinajstić information content (AvgIpc) is 2.92. The van der Waals surface area contributed by atoms with Crippen LogP contribution in [0.3, 0.4) is 0 Å². The third-order valence-electron chi connectivity index (χ3n) is 4.12. The van der Waals surface area contributed by atoms with Crippen LogP contribution >= 0.6 is 0 Å². The summed E-state index contributed by atoms with van der Waals surface area (Å²) in [6.07, 6.45) is 0.0975. The number of aromatic nitrogens is 2. The first-order chi connectivity index (χ1) is 10.8. The summed E-state index contributed by atoms with van der Waals surface area (Å²) >= 11 is 0. The molecular weight excluding hydrogens is 276 g/mol. The standard InChI is InChI=1S/C17H24N4O/c1-13-8-17-19-10-14(12-21(17)20-13)9-18-11-16(22-2)15-6-4-3-5-7-15/h3-8,14,16,18-19H,9-12H2,1-2H3/t14-,16+/m1/s1. The van der Waals surface area contributed by atoms with Gasteiger partial charge in [0, 0.05) is 45.3 Å². The minimum Gasteiger partial charge on any atom is -0.375 e. The van der Waals surface area contributed by atoms with E-state index in [1.807, 2.05) is 25.1 Å². The maximum atomic E-state index is 5.59. The highest BCUT2D eigenvalue weighted by atomic mass is 16.5. The summed E-state index contributed by atoms with van der Waals surface area (Å²) in [5.41, 5.74) is 2.28. The van der Waals surface area contributed by atoms with Crippen molar-refractivity contribution >= 4 is 5.82 Å². The Balaban J connectivity index is 1.49. The Hall–Kier alpha value is -1.85. The van der Waals surface area contributed by atoms with Crippen LogP contribution in [0.1, 0.15) is 17.4 Å². The van der Waals surface area contributed by atoms with Crippen LogP contribution in [0.4, 0.5) is 5.82 Å². The SMILES string of the molecule is CO[C@@H](CNC[C@@H]1CNc2cc(C)nn2C1)c1ccccc1. The van der Waals surface area contributed by atoms with Crippen LogP contribution in [0.5, 0.6) is 0 Å². The number of ether oxygens (including phenoxy) is 1. The molecule has 3 rings (SSSR count). The summed E-state index contributed by atoms with van der Waals surface area (Å²) in [6, 6.07) is 12.4. The van der Waals surface area contributed by atoms with Crippen LogP contribution in [-0.4, -0.2) is 36.5 Å². The highest BCUT2D eigenvalue weighted by molar-refractivity contribution is 5.38. The summed E-state index contributed by atoms with van der Waals surface area (Å²) in [6.45, 7) is 5.76. The Bertz CT molecular complexity index is 596. The van der Waals surface area contributed by atoms with E-state index in [-0.39, 0.29) is 6.10 Å². The van der Waals surface area contributed by atoms with Gasteiger partial charge in [-0.15, -0.1) is 0 Å². The van der Waals surface area contributed by atoms with E-state index in [1.54, 1.807) is 7.11 Å². The molecule has 0 amide bonds. The molecule has 2 heterocycles. The van der Waals surface area contributed by atoms with E-state index in [0.717, 1.165) is 37.7 Å². The Morgan fingerprint density at radius 1 is 1.41 bits per heavy atom. The largest absolute Gasteiger partial charge is 0.375 e. The van der Waals surface area contributed by atoms with Crippen molar-refractivity contribution in [2.24, 2.45) is 5.92 Å². The van der Waals surface area contributed by atoms with E-state index >= 15 is 0 Å². The molecule has 1 aromatic carbocycles. The van der Waals surface area contributed by atoms with E-state index in [9.17, 15) is 0 Å². The maximum absolute atomic E-state index is 5.59. The van der Waals surface area contributed by atoms with Crippen molar-refractivity contribution in [2.75, 3.05) is 32.1 Å². The lowest BCUT2D eigenvalue weighted by molar-refractivity contribution is 0.101. The fourth-order valence-electron chi connectivity index (χ4n) is 2.95. The zero-order chi connectivity index (χ0) is 15.4. The molecule has 0 aliphatic carbocycles. The van der Waals surface area contributed by atoms with Crippen LogP contribution in [0, 0.1) is 12.8 Å². The van der Waals surface area contributed by atoms with Gasteiger partial charge in [0.2, 0.25) is 0 Å². The van der Waals surface area contributed by atoms with Crippen molar-refractivity contribution in [3.8, 4) is 0 Å². The summed E-state index contributed by atoms with van der Waals surface area (Å²) in [4.78, 5) is 0. The summed E-state index contributed by atoms with van der Waals surface area (Å²) < 4.78 is 7.66. The molecule has 2 N–H and O–H groups in total. The highest BCUT2D eigenvalue weighted by Crippen LogP contribution is 2.19. The van der Waals surface area contributed by atoms with Gasteiger partial charge in [-0.05, 0) is 12.5 Å². The third-order valence-corrected chi connectivity index (χ3v) is 4.12. The van der Waals surface area contributed by atoms with Gasteiger partial charge in [-0.3, -0.25) is 0 Å². The number of hydrogen-bond donors (Lipinski definition) is 2. The average molecular weight is 300 g/mol. The molecule has 0 fully saturated rings. The van der Waals surface area contributed by atoms with Crippen molar-refractivity contribution in [2.45, 2.75) is 19.6 Å². The predicted octanol–water partition coefficient (Wildman–Crippen LogP) is 2.21. The smallest absolute Gasteiger partial charge is 0.124 e. The van der Waals surface area contributed by atoms with Gasteiger partial charge in [0.25, 0.3) is 0 Å². The Kier molecular flexibility index (Phi) is 4.75. The molecule has 0 saturated heterocycles. The van der Waals surface area contributed by atoms with Crippen LogP contribution in [0.25, 0.3) is 0 Å². The van der Waals surface area contributed by atoms with Crippen LogP contribution in [-0.2, 0) is 11.3 Å². The second-order valence-corrected chi connectivity index (χ2v) is 5.89. The molecule has 1 aliphatic rings. The zero-order valence-electron chi connectivity index (χ0n) is 13.2. The molecule has 0 saturated carbocycles. The minimum absolute atomic E-state index is 0.0975. The molecule has 5 nitrogen and oxygen atoms in total. The Morgan fingerprint density at radius 2 is 2.23 bits per heavy atom. The van der Waals surface area contributed by atoms with Gasteiger partial charge in [0.1, 0.15) is 5.82 Å². The van der Waals surface area contributed by atoms with Crippen molar-refractivity contribution in [1.82, 2.24) is 15.1 Å². The zero-order valence-corrected chi connectivity index (χ0v) is 13.2. The quantitative estimate of drug-likeness (QED) is 0.859. The number of nitrogens with zero attached hydrogens (tertiary/aromatic N) is 2. The number of fused-ring (bicyclic) bond motifs is 1. The molecule has 0 bridgehead atoms. The minimum atomic E-state index is 0.0975. The number of aryl methyl sites for hydroxylation is 1. The second kappa shape index (κ2) is 6.94. The van der Waals surface area contributed by atoms with Crippen molar-refractivity contribution in [3.63, 3.8) is 0 Å². The number of rotatable bonds is 6. The first-order valence-electron chi connectivity index (χ1n) is 7.83. The van der Waals surface area contributed by atoms with Crippen LogP contribution < -0.4 is 10.6 Å². The first-order valence-corrected chi connectivity index (χ1v) is 7.83. The van der Waals surface area contributed by atoms with E-state index in [1.165, 1.54) is 5.56 Å². The summed E-state index contributed by atoms with van der Waals surface area (Å²) in [5, 5.41) is 11.5. The third kappa shape index (κ3) is 3.48. The van der Waals surface area contributed by atoms with Gasteiger partial charge in [-0.25, -0.2) is 4.68 Å². The van der Waals surface area contributed by atoms with Gasteiger partial charge in [0.05, 0.1) is 11.8 Å². The van der Waals surface area contributed by atoms with Gasteiger partial charge >= 0.3 is 0 Å². The van der Waals surface area contributed by atoms with Gasteiger partial charge in [0.15, 0.2) is 0 Å². The molecule has 22 heavy (non-hydrogen) atoms. The number of anilines is 1. The predicted molar refractivity (Wildman–Crippen MR) is 88.0 cm³/mol. The van der Waals surface area contributed by atoms with E-state index in [4.69, 9.17) is 4.74 Å². The molecule has 0 radical (unpaired) electrons. The van der Waals surface area contributed by atoms with Crippen LogP contribution in [0.2, 0.25) is 0 Å². The number of hydrogen-bond acceptors (Lipinski definition) is 4. The lowest BCUT2D eigenvalue weighted by Crippen LogP contribution is -2.36. The maximum Gasteiger partial charge on any atom is 0.124 e. The normalized spacial score (nSPS) is 18.5. The van der Waals surface area contributed by atoms with E-state index in [2.05, 4.69) is 38.6 Å². The second-order valence-electron chi connectivity index (χ2n) is 5.89. The fourth-order valence-corrected chi connectivity index (χ4v) is 2.95. The monoisotopic (exact) mass is 300 g/mol. The lowest BCUT2D eigenvalue weighted by Gasteiger charge is -2.26. The molecule has 1 aliphatic heterocycles. The van der Waals surface area contributed by atoms with Gasteiger partial charge < -0.3 is 15.4 Å². The molecule has 118 valence electrons. The Labute approximate surface area is 131 Å². The first kappa shape index (κ1) is 15.1. The number of nitrogens with one attached hydrogen (secondary N) is 2. The van der Waals surface area contributed by atoms with Crippen molar-refractivity contribution < 1.29 is 4.74 Å². The molecule has 0 spiro atoms. The van der Waals surface area contributed by atoms with Gasteiger partial charge in [-0.1, -0.05) is 30.3 Å². The summed E-state index contributed by atoms with van der Waals surface area (Å²) in [5.74, 6) is 1.67. The number of benzene rings is 1. The topological polar surface area (TPSA) is 51.1 Å². The molecule has 0 unspecified atom stereocenters.